The van der Waals surface area contributed by atoms with Gasteiger partial charge >= 0.3 is 0 Å². The molecule has 1 saturated heterocycles. The van der Waals surface area contributed by atoms with Gasteiger partial charge in [-0.25, -0.2) is 0 Å². The predicted molar refractivity (Wildman–Crippen MR) is 114 cm³/mol. The number of hydrogen-bond acceptors (Lipinski definition) is 6. The van der Waals surface area contributed by atoms with Gasteiger partial charge < -0.3 is 9.47 Å². The minimum Gasteiger partial charge on any atom is -0.493 e. The molecule has 28 heavy (non-hydrogen) atoms. The predicted octanol–water partition coefficient (Wildman–Crippen LogP) is 3.87. The monoisotopic (exact) mass is 417 g/mol. The minimum atomic E-state index is 0.0252. The zero-order valence-corrected chi connectivity index (χ0v) is 17.2. The van der Waals surface area contributed by atoms with Crippen molar-refractivity contribution in [3.05, 3.63) is 58.6 Å². The van der Waals surface area contributed by atoms with Crippen LogP contribution in [0.15, 0.2) is 52.7 Å². The Balaban J connectivity index is 1.68. The first-order valence-corrected chi connectivity index (χ1v) is 9.98. The van der Waals surface area contributed by atoms with Crippen molar-refractivity contribution >= 4 is 40.7 Å². The molecule has 0 N–H and O–H groups in total. The van der Waals surface area contributed by atoms with Crippen LogP contribution in [0.2, 0.25) is 5.02 Å². The number of thioether (sulfide) groups is 1. The average Bonchev–Trinajstić information content (AvgIpc) is 3.07. The van der Waals surface area contributed by atoms with E-state index in [0.29, 0.717) is 40.4 Å². The lowest BCUT2D eigenvalue weighted by Crippen LogP contribution is -2.31. The number of hydrogen-bond donors (Lipinski definition) is 0. The summed E-state index contributed by atoms with van der Waals surface area (Å²) < 4.78 is 10.6. The molecule has 0 bridgehead atoms. The van der Waals surface area contributed by atoms with Gasteiger partial charge in [-0.1, -0.05) is 47.6 Å². The summed E-state index contributed by atoms with van der Waals surface area (Å²) in [5.41, 5.74) is 1.82. The summed E-state index contributed by atoms with van der Waals surface area (Å²) in [5, 5.41) is 9.51. The van der Waals surface area contributed by atoms with Gasteiger partial charge in [-0.05, 0) is 30.2 Å². The number of benzene rings is 2. The van der Waals surface area contributed by atoms with Crippen LogP contribution in [-0.4, -0.2) is 48.7 Å². The highest BCUT2D eigenvalue weighted by atomic mass is 35.5. The fourth-order valence-electron chi connectivity index (χ4n) is 2.69. The van der Waals surface area contributed by atoms with E-state index in [2.05, 4.69) is 10.2 Å². The number of amidine groups is 1. The van der Waals surface area contributed by atoms with Crippen LogP contribution in [0.5, 0.6) is 11.5 Å². The molecule has 2 aromatic carbocycles. The molecule has 1 fully saturated rings. The van der Waals surface area contributed by atoms with Crippen LogP contribution in [0.3, 0.4) is 0 Å². The first kappa shape index (κ1) is 20.2. The van der Waals surface area contributed by atoms with Crippen molar-refractivity contribution in [3.8, 4) is 11.5 Å². The van der Waals surface area contributed by atoms with E-state index in [4.69, 9.17) is 21.1 Å². The molecule has 1 aliphatic rings. The maximum absolute atomic E-state index is 12.2. The Labute approximate surface area is 173 Å². The maximum atomic E-state index is 12.2. The molecule has 0 radical (unpaired) electrons. The Bertz CT molecular complexity index is 917. The molecule has 0 saturated carbocycles. The number of rotatable bonds is 7. The van der Waals surface area contributed by atoms with Gasteiger partial charge in [-0.3, -0.25) is 9.69 Å². The third-order valence-corrected chi connectivity index (χ3v) is 5.47. The van der Waals surface area contributed by atoms with Gasteiger partial charge in [0.1, 0.15) is 0 Å². The van der Waals surface area contributed by atoms with Gasteiger partial charge in [0.25, 0.3) is 0 Å². The molecule has 146 valence electrons. The Morgan fingerprint density at radius 1 is 1.18 bits per heavy atom. The van der Waals surface area contributed by atoms with Crippen LogP contribution in [0.25, 0.3) is 0 Å². The van der Waals surface area contributed by atoms with Gasteiger partial charge in [0.05, 0.1) is 26.2 Å². The van der Waals surface area contributed by atoms with E-state index in [1.54, 1.807) is 31.4 Å². The van der Waals surface area contributed by atoms with Crippen LogP contribution >= 0.6 is 23.4 Å². The highest BCUT2D eigenvalue weighted by Crippen LogP contribution is 2.28. The molecule has 0 unspecified atom stereocenters. The summed E-state index contributed by atoms with van der Waals surface area (Å²) in [6.45, 7) is 0.516. The van der Waals surface area contributed by atoms with E-state index in [1.807, 2.05) is 36.4 Å². The van der Waals surface area contributed by atoms with Crippen molar-refractivity contribution in [2.75, 3.05) is 26.5 Å². The number of halogens is 1. The zero-order valence-electron chi connectivity index (χ0n) is 15.6. The summed E-state index contributed by atoms with van der Waals surface area (Å²) in [6, 6.07) is 13.1. The normalized spacial score (nSPS) is 15.6. The van der Waals surface area contributed by atoms with Gasteiger partial charge in [-0.2, -0.15) is 5.10 Å². The third-order valence-electron chi connectivity index (χ3n) is 4.17. The Morgan fingerprint density at radius 2 is 1.96 bits per heavy atom. The second kappa shape index (κ2) is 9.61. The SMILES string of the molecule is COc1ccc(CCN2C(=O)CS/C2=N/N=C\c2ccccc2Cl)cc1OC. The smallest absolute Gasteiger partial charge is 0.239 e. The van der Waals surface area contributed by atoms with E-state index in [-0.39, 0.29) is 5.91 Å². The summed E-state index contributed by atoms with van der Waals surface area (Å²) in [6.07, 6.45) is 2.26. The average molecular weight is 418 g/mol. The van der Waals surface area contributed by atoms with Crippen molar-refractivity contribution in [2.24, 2.45) is 10.2 Å². The van der Waals surface area contributed by atoms with Crippen molar-refractivity contribution in [3.63, 3.8) is 0 Å². The van der Waals surface area contributed by atoms with Gasteiger partial charge in [-0.15, -0.1) is 5.10 Å². The maximum Gasteiger partial charge on any atom is 0.239 e. The van der Waals surface area contributed by atoms with E-state index in [1.165, 1.54) is 11.8 Å². The van der Waals surface area contributed by atoms with Crippen molar-refractivity contribution in [1.82, 2.24) is 4.90 Å². The summed E-state index contributed by atoms with van der Waals surface area (Å²) in [5.74, 6) is 1.74. The van der Waals surface area contributed by atoms with E-state index in [9.17, 15) is 4.79 Å². The number of carbonyl (C=O) groups excluding carboxylic acids is 1. The van der Waals surface area contributed by atoms with Gasteiger partial charge in [0.15, 0.2) is 16.7 Å². The molecule has 1 aliphatic heterocycles. The molecule has 0 aromatic heterocycles. The fraction of sp³-hybridized carbons (Fsp3) is 0.250. The molecular weight excluding hydrogens is 398 g/mol. The second-order valence-electron chi connectivity index (χ2n) is 5.92. The molecule has 3 rings (SSSR count). The highest BCUT2D eigenvalue weighted by Gasteiger charge is 2.28. The molecule has 6 nitrogen and oxygen atoms in total. The number of amides is 1. The molecule has 0 spiro atoms. The summed E-state index contributed by atoms with van der Waals surface area (Å²) in [7, 11) is 3.20. The molecular formula is C20H20ClN3O3S. The molecule has 1 heterocycles. The lowest BCUT2D eigenvalue weighted by atomic mass is 10.1. The Morgan fingerprint density at radius 3 is 2.71 bits per heavy atom. The second-order valence-corrected chi connectivity index (χ2v) is 7.27. The molecule has 0 aliphatic carbocycles. The number of nitrogens with zero attached hydrogens (tertiary/aromatic N) is 3. The number of carbonyl (C=O) groups is 1. The molecule has 2 aromatic rings. The van der Waals surface area contributed by atoms with E-state index >= 15 is 0 Å². The highest BCUT2D eigenvalue weighted by molar-refractivity contribution is 8.15. The standard InChI is InChI=1S/C20H20ClN3O3S/c1-26-17-8-7-14(11-18(17)27-2)9-10-24-19(25)13-28-20(24)23-22-12-15-5-3-4-6-16(15)21/h3-8,11-12H,9-10,13H2,1-2H3/b22-12-,23-20+. The van der Waals surface area contributed by atoms with Crippen molar-refractivity contribution < 1.29 is 14.3 Å². The van der Waals surface area contributed by atoms with Gasteiger partial charge in [0.2, 0.25) is 5.91 Å². The van der Waals surface area contributed by atoms with Crippen LogP contribution in [-0.2, 0) is 11.2 Å². The lowest BCUT2D eigenvalue weighted by Gasteiger charge is -2.16. The Kier molecular flexibility index (Phi) is 6.95. The van der Waals surface area contributed by atoms with E-state index < -0.39 is 0 Å². The number of ether oxygens (including phenoxy) is 2. The van der Waals surface area contributed by atoms with Crippen LogP contribution in [0.4, 0.5) is 0 Å². The molecule has 8 heteroatoms. The van der Waals surface area contributed by atoms with Crippen LogP contribution < -0.4 is 9.47 Å². The quantitative estimate of drug-likeness (QED) is 0.506. The van der Waals surface area contributed by atoms with Crippen molar-refractivity contribution in [2.45, 2.75) is 6.42 Å². The minimum absolute atomic E-state index is 0.0252. The first-order chi connectivity index (χ1) is 13.6. The summed E-state index contributed by atoms with van der Waals surface area (Å²) in [4.78, 5) is 13.9. The Hall–Kier alpha value is -2.51. The summed E-state index contributed by atoms with van der Waals surface area (Å²) >= 11 is 7.49. The first-order valence-electron chi connectivity index (χ1n) is 8.62. The zero-order chi connectivity index (χ0) is 19.9. The lowest BCUT2D eigenvalue weighted by molar-refractivity contribution is -0.124. The largest absolute Gasteiger partial charge is 0.493 e. The molecule has 0 atom stereocenters. The van der Waals surface area contributed by atoms with Crippen molar-refractivity contribution in [1.29, 1.82) is 0 Å². The third kappa shape index (κ3) is 4.85. The topological polar surface area (TPSA) is 63.5 Å². The fourth-order valence-corrected chi connectivity index (χ4v) is 3.74. The number of methoxy groups -OCH3 is 2. The molecule has 1 amide bonds. The van der Waals surface area contributed by atoms with Crippen LogP contribution in [0, 0.1) is 0 Å². The van der Waals surface area contributed by atoms with Crippen LogP contribution in [0.1, 0.15) is 11.1 Å². The van der Waals surface area contributed by atoms with E-state index in [0.717, 1.165) is 11.1 Å². The van der Waals surface area contributed by atoms with Gasteiger partial charge in [0, 0.05) is 17.1 Å².